The molecule has 2 amide bonds. The van der Waals surface area contributed by atoms with Crippen LogP contribution in [0.3, 0.4) is 0 Å². The van der Waals surface area contributed by atoms with Crippen LogP contribution in [0.15, 0.2) is 41.0 Å². The van der Waals surface area contributed by atoms with Gasteiger partial charge in [0.2, 0.25) is 11.5 Å². The predicted molar refractivity (Wildman–Crippen MR) is 119 cm³/mol. The van der Waals surface area contributed by atoms with Gasteiger partial charge >= 0.3 is 5.97 Å². The number of fused-ring (bicyclic) bond motifs is 1. The molecule has 2 aromatic heterocycles. The molecule has 4 heterocycles. The number of aromatic nitrogens is 3. The Morgan fingerprint density at radius 2 is 2.30 bits per heavy atom. The maximum atomic E-state index is 12.9. The second-order valence-electron chi connectivity index (χ2n) is 6.89. The molecule has 4 rings (SSSR count). The fraction of sp³-hybridized carbons (Fsp3) is 0.278. The van der Waals surface area contributed by atoms with Crippen LogP contribution in [0, 0.1) is 0 Å². The van der Waals surface area contributed by atoms with E-state index < -0.39 is 29.2 Å². The summed E-state index contributed by atoms with van der Waals surface area (Å²) >= 11 is 8.24. The summed E-state index contributed by atoms with van der Waals surface area (Å²) in [5.41, 5.74) is 5.78. The molecule has 1 fully saturated rings. The molecule has 0 aromatic carbocycles. The number of nitrogen functional groups attached to an aromatic ring is 1. The van der Waals surface area contributed by atoms with Crippen molar-refractivity contribution < 1.29 is 28.9 Å². The summed E-state index contributed by atoms with van der Waals surface area (Å²) < 4.78 is 5.68. The number of carbonyl (C=O) groups excluding carboxylic acids is 2. The Bertz CT molecular complexity index is 1200. The van der Waals surface area contributed by atoms with E-state index in [2.05, 4.69) is 19.8 Å². The normalized spacial score (nSPS) is 20.2. The molecule has 2 aromatic rings. The number of aliphatic carboxylic acids is 1. The highest BCUT2D eigenvalue weighted by Gasteiger charge is 2.54. The summed E-state index contributed by atoms with van der Waals surface area (Å²) in [7, 11) is 1.25. The van der Waals surface area contributed by atoms with Gasteiger partial charge in [0.15, 0.2) is 24.1 Å². The lowest BCUT2D eigenvalue weighted by atomic mass is 10.0. The molecule has 2 aliphatic rings. The van der Waals surface area contributed by atoms with E-state index in [0.717, 1.165) is 11.5 Å². The van der Waals surface area contributed by atoms with E-state index in [4.69, 9.17) is 22.2 Å². The van der Waals surface area contributed by atoms with E-state index in [0.29, 0.717) is 16.3 Å². The van der Waals surface area contributed by atoms with Crippen LogP contribution in [-0.2, 0) is 25.8 Å². The van der Waals surface area contributed by atoms with E-state index in [1.165, 1.54) is 23.8 Å². The molecule has 1 unspecified atom stereocenters. The molecule has 0 aliphatic carbocycles. The van der Waals surface area contributed by atoms with Crippen LogP contribution < -0.4 is 15.6 Å². The Kier molecular flexibility index (Phi) is 6.49. The van der Waals surface area contributed by atoms with Crippen molar-refractivity contribution in [3.63, 3.8) is 0 Å². The maximum Gasteiger partial charge on any atom is 0.352 e. The van der Waals surface area contributed by atoms with Crippen LogP contribution in [0.4, 0.5) is 5.13 Å². The number of nitrogens with two attached hydrogens (primary N) is 1. The second-order valence-corrected chi connectivity index (χ2v) is 9.22. The number of carboxylic acids is 1. The van der Waals surface area contributed by atoms with Crippen molar-refractivity contribution in [1.29, 1.82) is 0 Å². The van der Waals surface area contributed by atoms with Crippen LogP contribution in [0.2, 0.25) is 5.02 Å². The number of nitrogens with one attached hydrogen (secondary N) is 1. The highest BCUT2D eigenvalue weighted by molar-refractivity contribution is 8.00. The van der Waals surface area contributed by atoms with Gasteiger partial charge in [0.05, 0.1) is 0 Å². The standard InChI is InChI=1S/C18H16ClN7O5S2/c1-31-23-10(13-22-18(20)33-24-13)14(27)21-11-15(28)26-12(17(29)30)8(7-32-16(11)26)5-25-4-2-3-9(19)6-25/h2-4,6,11,16H,5,7H2,1H3,(H3-,20,21,22,24,27,29,30)/p+1/t11?,16-/m0/s1. The third kappa shape index (κ3) is 4.49. The van der Waals surface area contributed by atoms with Gasteiger partial charge in [-0.25, -0.2) is 4.79 Å². The molecule has 33 heavy (non-hydrogen) atoms. The van der Waals surface area contributed by atoms with Crippen LogP contribution in [0.5, 0.6) is 0 Å². The summed E-state index contributed by atoms with van der Waals surface area (Å²) in [6.45, 7) is 0.254. The minimum Gasteiger partial charge on any atom is -0.477 e. The van der Waals surface area contributed by atoms with Crippen LogP contribution in [0.25, 0.3) is 0 Å². The van der Waals surface area contributed by atoms with E-state index in [1.54, 1.807) is 29.1 Å². The number of hydrogen-bond donors (Lipinski definition) is 3. The lowest BCUT2D eigenvalue weighted by Gasteiger charge is -2.49. The van der Waals surface area contributed by atoms with Crippen molar-refractivity contribution in [2.45, 2.75) is 18.0 Å². The lowest BCUT2D eigenvalue weighted by molar-refractivity contribution is -0.689. The number of nitrogens with zero attached hydrogens (tertiary/aromatic N) is 5. The van der Waals surface area contributed by atoms with Crippen molar-refractivity contribution in [2.75, 3.05) is 18.6 Å². The molecular formula is C18H17ClN7O5S2+. The van der Waals surface area contributed by atoms with Gasteiger partial charge < -0.3 is 21.0 Å². The first-order chi connectivity index (χ1) is 15.8. The highest BCUT2D eigenvalue weighted by atomic mass is 35.5. The molecule has 0 saturated carbocycles. The number of thioether (sulfide) groups is 1. The van der Waals surface area contributed by atoms with E-state index in [-0.39, 0.29) is 28.9 Å². The van der Waals surface area contributed by atoms with Crippen molar-refractivity contribution in [1.82, 2.24) is 19.6 Å². The van der Waals surface area contributed by atoms with Crippen LogP contribution >= 0.6 is 34.9 Å². The number of amides is 2. The number of oxime groups is 1. The van der Waals surface area contributed by atoms with E-state index in [9.17, 15) is 19.5 Å². The number of carboxylic acid groups (broad SMARTS) is 1. The molecule has 2 atom stereocenters. The average molecular weight is 511 g/mol. The Hall–Kier alpha value is -3.23. The molecule has 1 saturated heterocycles. The Labute approximate surface area is 200 Å². The number of β-lactam (4-membered cyclic amide) rings is 1. The summed E-state index contributed by atoms with van der Waals surface area (Å²) in [5, 5.41) is 16.1. The Balaban J connectivity index is 1.54. The molecular weight excluding hydrogens is 494 g/mol. The van der Waals surface area contributed by atoms with Crippen molar-refractivity contribution in [2.24, 2.45) is 5.16 Å². The van der Waals surface area contributed by atoms with Gasteiger partial charge in [-0.2, -0.15) is 13.9 Å². The first kappa shape index (κ1) is 22.9. The maximum absolute atomic E-state index is 12.9. The molecule has 15 heteroatoms. The van der Waals surface area contributed by atoms with Gasteiger partial charge in [0.25, 0.3) is 11.8 Å². The first-order valence-electron chi connectivity index (χ1n) is 9.36. The second kappa shape index (κ2) is 9.33. The topological polar surface area (TPSA) is 164 Å². The van der Waals surface area contributed by atoms with Crippen molar-refractivity contribution in [3.05, 3.63) is 46.6 Å². The van der Waals surface area contributed by atoms with Crippen LogP contribution in [-0.4, -0.2) is 67.1 Å². The van der Waals surface area contributed by atoms with Gasteiger partial charge in [-0.15, -0.1) is 11.8 Å². The molecule has 12 nitrogen and oxygen atoms in total. The number of anilines is 1. The van der Waals surface area contributed by atoms with E-state index in [1.807, 2.05) is 0 Å². The molecule has 2 aliphatic heterocycles. The zero-order valence-corrected chi connectivity index (χ0v) is 19.4. The molecule has 4 N–H and O–H groups in total. The minimum absolute atomic E-state index is 0.0382. The van der Waals surface area contributed by atoms with E-state index >= 15 is 0 Å². The van der Waals surface area contributed by atoms with Gasteiger partial charge in [-0.05, 0) is 6.07 Å². The molecule has 0 spiro atoms. The van der Waals surface area contributed by atoms with Gasteiger partial charge in [-0.3, -0.25) is 14.5 Å². The quantitative estimate of drug-likeness (QED) is 0.199. The van der Waals surface area contributed by atoms with Gasteiger partial charge in [0, 0.05) is 28.9 Å². The number of hydrogen-bond acceptors (Lipinski definition) is 10. The summed E-state index contributed by atoms with van der Waals surface area (Å²) in [6.07, 6.45) is 3.42. The van der Waals surface area contributed by atoms with Crippen molar-refractivity contribution in [3.8, 4) is 0 Å². The summed E-state index contributed by atoms with van der Waals surface area (Å²) in [5.74, 6) is -2.20. The summed E-state index contributed by atoms with van der Waals surface area (Å²) in [4.78, 5) is 47.4. The molecule has 172 valence electrons. The summed E-state index contributed by atoms with van der Waals surface area (Å²) in [6, 6.07) is 2.50. The third-order valence-corrected chi connectivity index (χ3v) is 6.89. The first-order valence-corrected chi connectivity index (χ1v) is 11.6. The number of halogens is 1. The third-order valence-electron chi connectivity index (χ3n) is 4.78. The fourth-order valence-corrected chi connectivity index (χ4v) is 5.40. The van der Waals surface area contributed by atoms with Crippen molar-refractivity contribution >= 4 is 63.5 Å². The Morgan fingerprint density at radius 3 is 2.94 bits per heavy atom. The number of pyridine rings is 1. The number of rotatable bonds is 7. The zero-order chi connectivity index (χ0) is 23.7. The smallest absolute Gasteiger partial charge is 0.352 e. The average Bonchev–Trinajstić information content (AvgIpc) is 3.21. The fourth-order valence-electron chi connectivity index (χ4n) is 3.43. The molecule has 0 bridgehead atoms. The minimum atomic E-state index is -1.22. The SMILES string of the molecule is CON=C(C(=O)NC1C(=O)N2C(C(=O)O)=C(C[n+]3cccc(Cl)c3)CS[C@@H]12)c1nsc(N)n1. The Morgan fingerprint density at radius 1 is 1.52 bits per heavy atom. The lowest BCUT2D eigenvalue weighted by Crippen LogP contribution is -2.71. The highest BCUT2D eigenvalue weighted by Crippen LogP contribution is 2.40. The largest absolute Gasteiger partial charge is 0.477 e. The number of carbonyl (C=O) groups is 3. The monoisotopic (exact) mass is 510 g/mol. The zero-order valence-electron chi connectivity index (χ0n) is 17.0. The van der Waals surface area contributed by atoms with Crippen LogP contribution in [0.1, 0.15) is 5.82 Å². The van der Waals surface area contributed by atoms with Gasteiger partial charge in [-0.1, -0.05) is 16.8 Å². The van der Waals surface area contributed by atoms with Gasteiger partial charge in [0.1, 0.15) is 29.2 Å². The predicted octanol–water partition coefficient (Wildman–Crippen LogP) is -0.149. The molecule has 0 radical (unpaired) electrons.